The molecule has 1 unspecified atom stereocenters. The topological polar surface area (TPSA) is 67.4 Å². The Hall–Kier alpha value is -2.04. The average molecular weight is 248 g/mol. The van der Waals surface area contributed by atoms with Crippen molar-refractivity contribution in [2.45, 2.75) is 18.9 Å². The van der Waals surface area contributed by atoms with Gasteiger partial charge in [-0.2, -0.15) is 0 Å². The molecule has 1 fully saturated rings. The van der Waals surface area contributed by atoms with Crippen molar-refractivity contribution in [1.82, 2.24) is 10.6 Å². The number of nitrogens with one attached hydrogen (secondary N) is 2. The molecule has 1 aliphatic heterocycles. The van der Waals surface area contributed by atoms with Gasteiger partial charge >= 0.3 is 0 Å². The Morgan fingerprint density at radius 1 is 1.39 bits per heavy atom. The molecular weight excluding hydrogens is 232 g/mol. The molecule has 0 bridgehead atoms. The first-order valence-corrected chi connectivity index (χ1v) is 5.98. The summed E-state index contributed by atoms with van der Waals surface area (Å²) in [5.74, 6) is 0.539. The van der Waals surface area contributed by atoms with Crippen LogP contribution < -0.4 is 15.4 Å². The number of ether oxygens (including phenoxy) is 1. The molecule has 0 spiro atoms. The normalized spacial score (nSPS) is 18.2. The molecule has 2 amide bonds. The number of carbonyl (C=O) groups is 2. The highest BCUT2D eigenvalue weighted by atomic mass is 16.5. The van der Waals surface area contributed by atoms with Gasteiger partial charge in [0.15, 0.2) is 6.61 Å². The predicted octanol–water partition coefficient (Wildman–Crippen LogP) is 0.460. The van der Waals surface area contributed by atoms with Crippen LogP contribution in [0.1, 0.15) is 12.8 Å². The quantitative estimate of drug-likeness (QED) is 0.795. The molecule has 96 valence electrons. The van der Waals surface area contributed by atoms with Crippen LogP contribution in [0.5, 0.6) is 5.75 Å². The summed E-state index contributed by atoms with van der Waals surface area (Å²) in [6.45, 7) is 0.452. The third-order valence-electron chi connectivity index (χ3n) is 2.74. The van der Waals surface area contributed by atoms with Gasteiger partial charge in [-0.1, -0.05) is 18.2 Å². The Morgan fingerprint density at radius 2 is 2.17 bits per heavy atom. The van der Waals surface area contributed by atoms with E-state index in [1.807, 2.05) is 18.2 Å². The lowest BCUT2D eigenvalue weighted by Gasteiger charge is -2.11. The molecule has 5 nitrogen and oxygen atoms in total. The Morgan fingerprint density at radius 3 is 2.83 bits per heavy atom. The highest BCUT2D eigenvalue weighted by molar-refractivity contribution is 5.79. The zero-order chi connectivity index (χ0) is 12.8. The van der Waals surface area contributed by atoms with Gasteiger partial charge in [0.1, 0.15) is 5.75 Å². The number of hydrogen-bond donors (Lipinski definition) is 2. The molecule has 0 aliphatic carbocycles. The van der Waals surface area contributed by atoms with E-state index in [4.69, 9.17) is 4.74 Å². The van der Waals surface area contributed by atoms with Crippen molar-refractivity contribution in [1.29, 1.82) is 0 Å². The molecule has 1 aromatic rings. The number of para-hydroxylation sites is 1. The van der Waals surface area contributed by atoms with Gasteiger partial charge in [0.25, 0.3) is 5.91 Å². The number of amides is 2. The summed E-state index contributed by atoms with van der Waals surface area (Å²) in [5.41, 5.74) is 0. The van der Waals surface area contributed by atoms with Crippen LogP contribution in [-0.2, 0) is 9.59 Å². The highest BCUT2D eigenvalue weighted by Gasteiger charge is 2.20. The summed E-state index contributed by atoms with van der Waals surface area (Å²) >= 11 is 0. The molecule has 0 aromatic heterocycles. The van der Waals surface area contributed by atoms with E-state index < -0.39 is 0 Å². The Balaban J connectivity index is 1.65. The summed E-state index contributed by atoms with van der Waals surface area (Å²) in [6, 6.07) is 9.23. The molecular formula is C13H16N2O3. The van der Waals surface area contributed by atoms with Gasteiger partial charge in [0.05, 0.1) is 0 Å². The fourth-order valence-electron chi connectivity index (χ4n) is 1.78. The highest BCUT2D eigenvalue weighted by Crippen LogP contribution is 2.08. The number of hydrogen-bond acceptors (Lipinski definition) is 3. The van der Waals surface area contributed by atoms with Crippen LogP contribution >= 0.6 is 0 Å². The second kappa shape index (κ2) is 6.05. The zero-order valence-corrected chi connectivity index (χ0v) is 10.0. The van der Waals surface area contributed by atoms with E-state index in [9.17, 15) is 9.59 Å². The lowest BCUT2D eigenvalue weighted by molar-refractivity contribution is -0.123. The van der Waals surface area contributed by atoms with Crippen molar-refractivity contribution in [2.24, 2.45) is 0 Å². The first-order valence-electron chi connectivity index (χ1n) is 5.98. The third kappa shape index (κ3) is 3.76. The second-order valence-corrected chi connectivity index (χ2v) is 4.21. The van der Waals surface area contributed by atoms with Crippen LogP contribution in [0.15, 0.2) is 30.3 Å². The molecule has 2 rings (SSSR count). The van der Waals surface area contributed by atoms with E-state index in [1.165, 1.54) is 0 Å². The summed E-state index contributed by atoms with van der Waals surface area (Å²) in [4.78, 5) is 22.5. The van der Waals surface area contributed by atoms with E-state index in [0.29, 0.717) is 18.7 Å². The van der Waals surface area contributed by atoms with Crippen LogP contribution in [0.4, 0.5) is 0 Å². The van der Waals surface area contributed by atoms with Crippen molar-refractivity contribution in [3.8, 4) is 5.75 Å². The monoisotopic (exact) mass is 248 g/mol. The van der Waals surface area contributed by atoms with Crippen molar-refractivity contribution in [3.63, 3.8) is 0 Å². The van der Waals surface area contributed by atoms with Gasteiger partial charge in [-0.25, -0.2) is 0 Å². The minimum Gasteiger partial charge on any atom is -0.484 e. The van der Waals surface area contributed by atoms with Crippen molar-refractivity contribution < 1.29 is 14.3 Å². The molecule has 2 N–H and O–H groups in total. The number of carbonyl (C=O) groups excluding carboxylic acids is 2. The summed E-state index contributed by atoms with van der Waals surface area (Å²) in [6.07, 6.45) is 1.32. The average Bonchev–Trinajstić information content (AvgIpc) is 2.81. The molecule has 1 aliphatic rings. The molecule has 5 heteroatoms. The second-order valence-electron chi connectivity index (χ2n) is 4.21. The maximum Gasteiger partial charge on any atom is 0.258 e. The van der Waals surface area contributed by atoms with E-state index in [2.05, 4.69) is 10.6 Å². The van der Waals surface area contributed by atoms with Crippen LogP contribution in [-0.4, -0.2) is 31.0 Å². The summed E-state index contributed by atoms with van der Waals surface area (Å²) < 4.78 is 5.30. The lowest BCUT2D eigenvalue weighted by Crippen LogP contribution is -2.40. The van der Waals surface area contributed by atoms with Gasteiger partial charge in [-0.3, -0.25) is 9.59 Å². The number of benzene rings is 1. The van der Waals surface area contributed by atoms with Gasteiger partial charge < -0.3 is 15.4 Å². The molecule has 0 saturated carbocycles. The lowest BCUT2D eigenvalue weighted by atomic mass is 10.2. The fraction of sp³-hybridized carbons (Fsp3) is 0.385. The molecule has 1 atom stereocenters. The first-order chi connectivity index (χ1) is 8.74. The van der Waals surface area contributed by atoms with Crippen LogP contribution in [0.3, 0.4) is 0 Å². The minimum atomic E-state index is -0.181. The zero-order valence-electron chi connectivity index (χ0n) is 10.0. The van der Waals surface area contributed by atoms with Gasteiger partial charge in [0, 0.05) is 19.0 Å². The Kier molecular flexibility index (Phi) is 4.17. The maximum absolute atomic E-state index is 11.5. The number of rotatable bonds is 5. The molecule has 1 heterocycles. The van der Waals surface area contributed by atoms with Crippen LogP contribution in [0, 0.1) is 0 Å². The fourth-order valence-corrected chi connectivity index (χ4v) is 1.78. The maximum atomic E-state index is 11.5. The van der Waals surface area contributed by atoms with E-state index in [0.717, 1.165) is 6.42 Å². The minimum absolute atomic E-state index is 0.00925. The molecule has 1 aromatic carbocycles. The van der Waals surface area contributed by atoms with E-state index in [1.54, 1.807) is 12.1 Å². The van der Waals surface area contributed by atoms with Crippen LogP contribution in [0.2, 0.25) is 0 Å². The van der Waals surface area contributed by atoms with Crippen molar-refractivity contribution >= 4 is 11.8 Å². The summed E-state index contributed by atoms with van der Waals surface area (Å²) in [7, 11) is 0. The van der Waals surface area contributed by atoms with E-state index >= 15 is 0 Å². The molecule has 1 saturated heterocycles. The van der Waals surface area contributed by atoms with Crippen LogP contribution in [0.25, 0.3) is 0 Å². The SMILES string of the molecule is O=C(COc1ccccc1)NCC1CCC(=O)N1. The van der Waals surface area contributed by atoms with Crippen molar-refractivity contribution in [2.75, 3.05) is 13.2 Å². The van der Waals surface area contributed by atoms with Gasteiger partial charge in [0.2, 0.25) is 5.91 Å². The standard InChI is InChI=1S/C13H16N2O3/c16-12-7-6-10(15-12)8-14-13(17)9-18-11-4-2-1-3-5-11/h1-5,10H,6-9H2,(H,14,17)(H,15,16). The molecule has 18 heavy (non-hydrogen) atoms. The smallest absolute Gasteiger partial charge is 0.258 e. The van der Waals surface area contributed by atoms with Crippen molar-refractivity contribution in [3.05, 3.63) is 30.3 Å². The Labute approximate surface area is 106 Å². The van der Waals surface area contributed by atoms with Gasteiger partial charge in [-0.05, 0) is 18.6 Å². The molecule has 0 radical (unpaired) electrons. The third-order valence-corrected chi connectivity index (χ3v) is 2.74. The first kappa shape index (κ1) is 12.4. The summed E-state index contributed by atoms with van der Waals surface area (Å²) in [5, 5.41) is 5.53. The largest absolute Gasteiger partial charge is 0.484 e. The Bertz CT molecular complexity index is 420. The van der Waals surface area contributed by atoms with Gasteiger partial charge in [-0.15, -0.1) is 0 Å². The van der Waals surface area contributed by atoms with E-state index in [-0.39, 0.29) is 24.5 Å². The predicted molar refractivity (Wildman–Crippen MR) is 66.1 cm³/mol.